The molecule has 1 aliphatic carbocycles. The molecule has 3 N–H and O–H groups in total. The topological polar surface area (TPSA) is 208 Å². The number of carbonyl (C=O) groups excluding carboxylic acids is 5. The SMILES string of the molecule is CO[C@H]1C[C@@H]2CC[C@@H](C)[C@@](O)(O2)C(=O)C(=O)N2CCCC[C@H]2C(=O)O[C@H]([C@H](C)C[C@@H]2CC[C@@H](O)[C@H](OC)C2)CC(=O)[C@H](C)/C=C(\C)[C@@H](O)[C@@H](OC)C(=O)[C@H](C)C[C@H](C)[C@@H]2C=C[C@H](/C=C/1C)ON2c1c(Cl)cccc1Cl. The van der Waals surface area contributed by atoms with E-state index < -0.39 is 96.0 Å². The first kappa shape index (κ1) is 60.7. The summed E-state index contributed by atoms with van der Waals surface area (Å²) in [4.78, 5) is 79.9. The van der Waals surface area contributed by atoms with Crippen LogP contribution in [0.5, 0.6) is 0 Å². The molecule has 6 aliphatic rings. The molecule has 1 amide bonds. The number of esters is 1. The first-order valence-corrected chi connectivity index (χ1v) is 27.7. The molecule has 18 heteroatoms. The van der Waals surface area contributed by atoms with Crippen LogP contribution in [0, 0.1) is 35.5 Å². The molecular formula is C57H82Cl2N2O14. The molecule has 1 saturated carbocycles. The van der Waals surface area contributed by atoms with Crippen molar-refractivity contribution in [3.63, 3.8) is 0 Å². The Kier molecular flexibility index (Phi) is 21.7. The van der Waals surface area contributed by atoms with Gasteiger partial charge in [-0.2, -0.15) is 0 Å². The standard InChI is InChI=1S/C57H82Cl2N2O14/c1-31-24-35(5)51(64)53(72-10)52(65)36(6)25-32(2)46(63)30-48(33(3)26-38-18-22-45(62)49(28-38)71-9)73-56(68)44-16-11-12-23-60(44)55(67)54(66)57(69)37(7)17-19-39(74-57)29-47(70-8)34(4)27-40-20-21-43(31)61(75-40)50-41(58)14-13-15-42(50)59/h13-15,20-21,25,27,31-33,35,37-40,43-45,47-49,52-53,62,65,69H,11-12,16-19,22-24,26,28-30H2,1-10H3/b34-27+,36-25+/t31-,32+,33+,35+,37+,38-,39-,40+,43-,44-,45+,47-,48-,49+,52+,53-,57+/m0/s1. The molecule has 0 spiro atoms. The Morgan fingerprint density at radius 3 is 2.21 bits per heavy atom. The quantitative estimate of drug-likeness (QED) is 0.134. The van der Waals surface area contributed by atoms with Crippen molar-refractivity contribution in [3.05, 3.63) is 63.7 Å². The number of fused-ring (bicyclic) bond motifs is 16. The number of allylic oxidation sites excluding steroid dienone is 1. The molecular weight excluding hydrogens is 1010 g/mol. The van der Waals surface area contributed by atoms with Crippen LogP contribution in [-0.2, 0) is 52.5 Å². The minimum atomic E-state index is -2.50. The number of ketones is 3. The van der Waals surface area contributed by atoms with Crippen molar-refractivity contribution in [1.29, 1.82) is 0 Å². The summed E-state index contributed by atoms with van der Waals surface area (Å²) < 4.78 is 29.8. The van der Waals surface area contributed by atoms with E-state index in [0.29, 0.717) is 79.1 Å². The van der Waals surface area contributed by atoms with Gasteiger partial charge in [0.15, 0.2) is 5.78 Å². The summed E-state index contributed by atoms with van der Waals surface area (Å²) in [6, 6.07) is 3.51. The van der Waals surface area contributed by atoms with Gasteiger partial charge in [-0.3, -0.25) is 24.0 Å². The van der Waals surface area contributed by atoms with E-state index in [0.717, 1.165) is 5.57 Å². The molecule has 0 unspecified atom stereocenters. The number of nitrogens with zero attached hydrogens (tertiary/aromatic N) is 2. The lowest BCUT2D eigenvalue weighted by Gasteiger charge is -2.43. The summed E-state index contributed by atoms with van der Waals surface area (Å²) in [7, 11) is 4.47. The molecule has 0 radical (unpaired) electrons. The molecule has 16 nitrogen and oxygen atoms in total. The molecule has 4 bridgehead atoms. The molecule has 2 saturated heterocycles. The molecule has 75 heavy (non-hydrogen) atoms. The van der Waals surface area contributed by atoms with E-state index in [1.807, 2.05) is 39.0 Å². The van der Waals surface area contributed by atoms with Gasteiger partial charge < -0.3 is 43.9 Å². The van der Waals surface area contributed by atoms with Gasteiger partial charge in [-0.1, -0.05) is 82.1 Å². The number of hydrogen-bond donors (Lipinski definition) is 3. The summed E-state index contributed by atoms with van der Waals surface area (Å²) in [5, 5.41) is 36.8. The fourth-order valence-corrected chi connectivity index (χ4v) is 12.4. The Morgan fingerprint density at radius 1 is 0.840 bits per heavy atom. The fourth-order valence-electron chi connectivity index (χ4n) is 11.9. The van der Waals surface area contributed by atoms with Gasteiger partial charge in [0.05, 0.1) is 40.5 Å². The summed E-state index contributed by atoms with van der Waals surface area (Å²) in [5.41, 5.74) is 1.53. The number of ether oxygens (including phenoxy) is 5. The molecule has 7 rings (SSSR count). The average Bonchev–Trinajstić information content (AvgIpc) is 3.38. The van der Waals surface area contributed by atoms with Crippen LogP contribution < -0.4 is 5.06 Å². The normalized spacial score (nSPS) is 38.5. The number of aliphatic hydroxyl groups excluding tert-OH is 2. The van der Waals surface area contributed by atoms with Gasteiger partial charge in [0, 0.05) is 58.5 Å². The first-order valence-electron chi connectivity index (χ1n) is 26.9. The third kappa shape index (κ3) is 14.4. The van der Waals surface area contributed by atoms with Crippen molar-refractivity contribution in [2.24, 2.45) is 35.5 Å². The second-order valence-electron chi connectivity index (χ2n) is 22.2. The highest BCUT2D eigenvalue weighted by molar-refractivity contribution is 6.39. The molecule has 1 aromatic carbocycles. The Balaban J connectivity index is 1.37. The average molecular weight is 1090 g/mol. The summed E-state index contributed by atoms with van der Waals surface area (Å²) >= 11 is 13.6. The Hall–Kier alpha value is -3.55. The number of aliphatic hydroxyl groups is 3. The van der Waals surface area contributed by atoms with E-state index in [1.54, 1.807) is 71.3 Å². The number of benzene rings is 1. The van der Waals surface area contributed by atoms with Crippen molar-refractivity contribution < 1.29 is 67.8 Å². The molecule has 0 aromatic heterocycles. The van der Waals surface area contributed by atoms with Gasteiger partial charge in [0.2, 0.25) is 5.79 Å². The van der Waals surface area contributed by atoms with Crippen LogP contribution in [0.3, 0.4) is 0 Å². The molecule has 418 valence electrons. The van der Waals surface area contributed by atoms with Crippen molar-refractivity contribution in [3.8, 4) is 0 Å². The zero-order valence-electron chi connectivity index (χ0n) is 45.5. The lowest BCUT2D eigenvalue weighted by molar-refractivity contribution is -0.265. The van der Waals surface area contributed by atoms with E-state index in [4.69, 9.17) is 51.7 Å². The van der Waals surface area contributed by atoms with Gasteiger partial charge in [0.25, 0.3) is 11.7 Å². The summed E-state index contributed by atoms with van der Waals surface area (Å²) in [6.45, 7) is 12.6. The predicted octanol–water partition coefficient (Wildman–Crippen LogP) is 8.12. The van der Waals surface area contributed by atoms with Crippen LogP contribution in [0.4, 0.5) is 5.69 Å². The van der Waals surface area contributed by atoms with Crippen LogP contribution in [0.1, 0.15) is 126 Å². The third-order valence-corrected chi connectivity index (χ3v) is 17.2. The number of Topliss-reactive ketones (excluding diaryl/α,β-unsaturated/α-hetero) is 3. The summed E-state index contributed by atoms with van der Waals surface area (Å²) in [6.07, 6.45) is 5.60. The largest absolute Gasteiger partial charge is 0.460 e. The number of rotatable bonds is 7. The van der Waals surface area contributed by atoms with Crippen molar-refractivity contribution in [2.75, 3.05) is 32.9 Å². The van der Waals surface area contributed by atoms with E-state index in [2.05, 4.69) is 0 Å². The van der Waals surface area contributed by atoms with Crippen LogP contribution in [0.15, 0.2) is 53.6 Å². The number of anilines is 1. The second-order valence-corrected chi connectivity index (χ2v) is 23.0. The highest BCUT2D eigenvalue weighted by Crippen LogP contribution is 2.41. The number of amides is 1. The zero-order valence-corrected chi connectivity index (χ0v) is 47.0. The van der Waals surface area contributed by atoms with Crippen molar-refractivity contribution >= 4 is 58.1 Å². The molecule has 5 aliphatic heterocycles. The van der Waals surface area contributed by atoms with Crippen LogP contribution in [-0.4, -0.2) is 144 Å². The number of hydroxylamine groups is 1. The van der Waals surface area contributed by atoms with Crippen molar-refractivity contribution in [1.82, 2.24) is 4.90 Å². The van der Waals surface area contributed by atoms with Gasteiger partial charge >= 0.3 is 5.97 Å². The zero-order chi connectivity index (χ0) is 55.1. The highest BCUT2D eigenvalue weighted by Gasteiger charge is 2.53. The highest BCUT2D eigenvalue weighted by atomic mass is 35.5. The van der Waals surface area contributed by atoms with Crippen LogP contribution in [0.2, 0.25) is 10.0 Å². The molecule has 1 aromatic rings. The Labute approximate surface area is 453 Å². The maximum absolute atomic E-state index is 14.5. The monoisotopic (exact) mass is 1090 g/mol. The lowest BCUT2D eigenvalue weighted by atomic mass is 9.78. The maximum atomic E-state index is 14.5. The van der Waals surface area contributed by atoms with Crippen molar-refractivity contribution in [2.45, 2.75) is 192 Å². The van der Waals surface area contributed by atoms with E-state index >= 15 is 0 Å². The number of hydrogen-bond acceptors (Lipinski definition) is 15. The minimum absolute atomic E-state index is 0.0561. The number of methoxy groups -OCH3 is 3. The maximum Gasteiger partial charge on any atom is 0.329 e. The van der Waals surface area contributed by atoms with Gasteiger partial charge in [-0.15, -0.1) is 0 Å². The van der Waals surface area contributed by atoms with E-state index in [-0.39, 0.29) is 61.2 Å². The second kappa shape index (κ2) is 26.9. The molecule has 3 fully saturated rings. The van der Waals surface area contributed by atoms with E-state index in [9.17, 15) is 39.3 Å². The number of carbonyl (C=O) groups is 5. The third-order valence-electron chi connectivity index (χ3n) is 16.6. The lowest BCUT2D eigenvalue weighted by Crippen LogP contribution is -2.61. The number of para-hydroxylation sites is 1. The Bertz CT molecular complexity index is 2250. The predicted molar refractivity (Wildman–Crippen MR) is 284 cm³/mol. The smallest absolute Gasteiger partial charge is 0.329 e. The number of halogens is 2. The molecule has 5 heterocycles. The summed E-state index contributed by atoms with van der Waals surface area (Å²) in [5.74, 6) is -8.85. The fraction of sp³-hybridized carbons (Fsp3) is 0.702. The van der Waals surface area contributed by atoms with Crippen LogP contribution in [0.25, 0.3) is 0 Å². The molecule has 17 atom stereocenters. The number of piperidine rings is 1. The Morgan fingerprint density at radius 2 is 1.55 bits per heavy atom. The van der Waals surface area contributed by atoms with Gasteiger partial charge in [-0.25, -0.2) is 9.86 Å². The van der Waals surface area contributed by atoms with Crippen LogP contribution >= 0.6 is 23.2 Å². The van der Waals surface area contributed by atoms with E-state index in [1.165, 1.54) is 12.0 Å². The van der Waals surface area contributed by atoms with Gasteiger partial charge in [0.1, 0.15) is 41.9 Å². The first-order chi connectivity index (χ1) is 35.5. The minimum Gasteiger partial charge on any atom is -0.460 e. The van der Waals surface area contributed by atoms with Gasteiger partial charge in [-0.05, 0) is 125 Å².